The van der Waals surface area contributed by atoms with Crippen LogP contribution in [0.1, 0.15) is 25.8 Å². The van der Waals surface area contributed by atoms with Crippen LogP contribution in [0.15, 0.2) is 18.2 Å². The minimum atomic E-state index is -1.08. The molecule has 1 atom stereocenters. The molecule has 0 aliphatic rings. The van der Waals surface area contributed by atoms with Gasteiger partial charge in [0.15, 0.2) is 0 Å². The van der Waals surface area contributed by atoms with E-state index in [1.54, 1.807) is 6.92 Å². The second-order valence-corrected chi connectivity index (χ2v) is 4.01. The molecule has 2 N–H and O–H groups in total. The zero-order valence-corrected chi connectivity index (χ0v) is 9.56. The number of hydrogen-bond donors (Lipinski definition) is 2. The molecule has 4 heteroatoms. The summed E-state index contributed by atoms with van der Waals surface area (Å²) >= 11 is 0. The Morgan fingerprint density at radius 1 is 1.31 bits per heavy atom. The minimum absolute atomic E-state index is 0.106. The molecule has 0 aliphatic heterocycles. The summed E-state index contributed by atoms with van der Waals surface area (Å²) in [5.74, 6) is -1.28. The third-order valence-corrected chi connectivity index (χ3v) is 2.60. The van der Waals surface area contributed by atoms with Crippen molar-refractivity contribution < 1.29 is 13.9 Å². The summed E-state index contributed by atoms with van der Waals surface area (Å²) in [5, 5.41) is 12.3. The van der Waals surface area contributed by atoms with Crippen molar-refractivity contribution >= 4 is 0 Å². The van der Waals surface area contributed by atoms with Crippen molar-refractivity contribution in [3.8, 4) is 0 Å². The van der Waals surface area contributed by atoms with Gasteiger partial charge in [-0.1, -0.05) is 13.0 Å². The lowest BCUT2D eigenvalue weighted by molar-refractivity contribution is 0.167. The molecule has 0 radical (unpaired) electrons. The smallest absolute Gasteiger partial charge is 0.131 e. The van der Waals surface area contributed by atoms with E-state index in [0.717, 1.165) is 6.42 Å². The van der Waals surface area contributed by atoms with Crippen molar-refractivity contribution in [3.63, 3.8) is 0 Å². The Hall–Kier alpha value is -1.00. The van der Waals surface area contributed by atoms with Crippen LogP contribution in [0.3, 0.4) is 0 Å². The zero-order valence-electron chi connectivity index (χ0n) is 9.56. The Labute approximate surface area is 94.3 Å². The zero-order chi connectivity index (χ0) is 12.2. The summed E-state index contributed by atoms with van der Waals surface area (Å²) in [6, 6.07) is 3.70. The fourth-order valence-corrected chi connectivity index (χ4v) is 1.65. The third-order valence-electron chi connectivity index (χ3n) is 2.60. The van der Waals surface area contributed by atoms with Gasteiger partial charge < -0.3 is 10.4 Å². The van der Waals surface area contributed by atoms with Crippen LogP contribution < -0.4 is 5.32 Å². The van der Waals surface area contributed by atoms with E-state index in [2.05, 4.69) is 5.32 Å². The molecule has 0 saturated heterocycles. The predicted octanol–water partition coefficient (Wildman–Crippen LogP) is 2.17. The van der Waals surface area contributed by atoms with E-state index in [9.17, 15) is 13.9 Å². The summed E-state index contributed by atoms with van der Waals surface area (Å²) in [4.78, 5) is 0. The van der Waals surface area contributed by atoms with Gasteiger partial charge in [-0.15, -0.1) is 0 Å². The highest BCUT2D eigenvalue weighted by Crippen LogP contribution is 2.26. The number of aliphatic hydroxyl groups is 1. The normalized spacial score (nSPS) is 14.8. The Bertz CT molecular complexity index is 337. The summed E-state index contributed by atoms with van der Waals surface area (Å²) in [6.45, 7) is 3.77. The Morgan fingerprint density at radius 2 is 1.88 bits per heavy atom. The molecule has 1 rings (SSSR count). The first kappa shape index (κ1) is 13.1. The van der Waals surface area contributed by atoms with Crippen LogP contribution in [-0.2, 0) is 5.54 Å². The van der Waals surface area contributed by atoms with Crippen molar-refractivity contribution in [2.24, 2.45) is 0 Å². The second kappa shape index (κ2) is 5.37. The number of benzene rings is 1. The average Bonchev–Trinajstić information content (AvgIpc) is 2.26. The lowest BCUT2D eigenvalue weighted by Crippen LogP contribution is -2.44. The Balaban J connectivity index is 3.11. The van der Waals surface area contributed by atoms with E-state index >= 15 is 0 Å². The monoisotopic (exact) mass is 229 g/mol. The average molecular weight is 229 g/mol. The molecule has 16 heavy (non-hydrogen) atoms. The van der Waals surface area contributed by atoms with Gasteiger partial charge in [-0.25, -0.2) is 8.78 Å². The lowest BCUT2D eigenvalue weighted by Gasteiger charge is -2.30. The third kappa shape index (κ3) is 2.57. The highest BCUT2D eigenvalue weighted by molar-refractivity contribution is 5.27. The number of halogens is 2. The van der Waals surface area contributed by atoms with Gasteiger partial charge >= 0.3 is 0 Å². The van der Waals surface area contributed by atoms with E-state index < -0.39 is 17.2 Å². The summed E-state index contributed by atoms with van der Waals surface area (Å²) < 4.78 is 27.1. The molecule has 0 saturated carbocycles. The highest BCUT2D eigenvalue weighted by atomic mass is 19.1. The van der Waals surface area contributed by atoms with E-state index in [1.165, 1.54) is 18.2 Å². The van der Waals surface area contributed by atoms with Crippen molar-refractivity contribution in [2.45, 2.75) is 25.8 Å². The van der Waals surface area contributed by atoms with Crippen molar-refractivity contribution in [2.75, 3.05) is 13.2 Å². The summed E-state index contributed by atoms with van der Waals surface area (Å²) in [7, 11) is 0. The van der Waals surface area contributed by atoms with Crippen LogP contribution in [0.4, 0.5) is 8.78 Å². The number of rotatable bonds is 5. The molecule has 1 unspecified atom stereocenters. The Morgan fingerprint density at radius 3 is 2.31 bits per heavy atom. The molecule has 90 valence electrons. The molecule has 0 bridgehead atoms. The maximum Gasteiger partial charge on any atom is 0.131 e. The molecule has 0 aliphatic carbocycles. The second-order valence-electron chi connectivity index (χ2n) is 4.01. The maximum absolute atomic E-state index is 13.6. The number of nitrogens with one attached hydrogen (secondary N) is 1. The van der Waals surface area contributed by atoms with Gasteiger partial charge in [-0.05, 0) is 32.0 Å². The molecule has 0 amide bonds. The topological polar surface area (TPSA) is 32.3 Å². The molecule has 0 heterocycles. The summed E-state index contributed by atoms with van der Waals surface area (Å²) in [5.41, 5.74) is -1.18. The van der Waals surface area contributed by atoms with Crippen LogP contribution in [0.2, 0.25) is 0 Å². The van der Waals surface area contributed by atoms with E-state index in [-0.39, 0.29) is 12.2 Å². The molecule has 0 aromatic heterocycles. The SMILES string of the molecule is CCCNC(C)(CO)c1c(F)cccc1F. The van der Waals surface area contributed by atoms with E-state index in [1.807, 2.05) is 6.92 Å². The highest BCUT2D eigenvalue weighted by Gasteiger charge is 2.31. The predicted molar refractivity (Wildman–Crippen MR) is 59.1 cm³/mol. The van der Waals surface area contributed by atoms with Gasteiger partial charge in [-0.2, -0.15) is 0 Å². The molecular formula is C12H17F2NO. The van der Waals surface area contributed by atoms with Crippen LogP contribution in [0.25, 0.3) is 0 Å². The Kier molecular flexibility index (Phi) is 4.38. The number of hydrogen-bond acceptors (Lipinski definition) is 2. The van der Waals surface area contributed by atoms with Gasteiger partial charge in [0.2, 0.25) is 0 Å². The van der Waals surface area contributed by atoms with Crippen LogP contribution >= 0.6 is 0 Å². The molecule has 0 spiro atoms. The molecule has 2 nitrogen and oxygen atoms in total. The molecule has 1 aromatic carbocycles. The molecular weight excluding hydrogens is 212 g/mol. The molecule has 1 aromatic rings. The quantitative estimate of drug-likeness (QED) is 0.811. The largest absolute Gasteiger partial charge is 0.394 e. The summed E-state index contributed by atoms with van der Waals surface area (Å²) in [6.07, 6.45) is 0.825. The van der Waals surface area contributed by atoms with Gasteiger partial charge in [0.25, 0.3) is 0 Å². The molecule has 0 fully saturated rings. The van der Waals surface area contributed by atoms with Gasteiger partial charge in [0, 0.05) is 5.56 Å². The standard InChI is InChI=1S/C12H17F2NO/c1-3-7-15-12(2,8-16)11-9(13)5-4-6-10(11)14/h4-6,15-16H,3,7-8H2,1-2H3. The van der Waals surface area contributed by atoms with Crippen LogP contribution in [0.5, 0.6) is 0 Å². The first-order chi connectivity index (χ1) is 7.55. The minimum Gasteiger partial charge on any atom is -0.394 e. The lowest BCUT2D eigenvalue weighted by atomic mass is 9.91. The van der Waals surface area contributed by atoms with E-state index in [0.29, 0.717) is 6.54 Å². The van der Waals surface area contributed by atoms with Gasteiger partial charge in [0.05, 0.1) is 12.1 Å². The van der Waals surface area contributed by atoms with Crippen LogP contribution in [-0.4, -0.2) is 18.3 Å². The van der Waals surface area contributed by atoms with Crippen LogP contribution in [0, 0.1) is 11.6 Å². The fourth-order valence-electron chi connectivity index (χ4n) is 1.65. The fraction of sp³-hybridized carbons (Fsp3) is 0.500. The first-order valence-corrected chi connectivity index (χ1v) is 5.35. The first-order valence-electron chi connectivity index (χ1n) is 5.35. The van der Waals surface area contributed by atoms with Gasteiger partial charge in [0.1, 0.15) is 11.6 Å². The van der Waals surface area contributed by atoms with E-state index in [4.69, 9.17) is 0 Å². The van der Waals surface area contributed by atoms with Crippen molar-refractivity contribution in [1.29, 1.82) is 0 Å². The number of aliphatic hydroxyl groups excluding tert-OH is 1. The van der Waals surface area contributed by atoms with Crippen molar-refractivity contribution in [1.82, 2.24) is 5.32 Å². The maximum atomic E-state index is 13.6. The van der Waals surface area contributed by atoms with Crippen molar-refractivity contribution in [3.05, 3.63) is 35.4 Å². The van der Waals surface area contributed by atoms with Gasteiger partial charge in [-0.3, -0.25) is 0 Å².